The number of carbonyl (C=O) groups excluding carboxylic acids is 3. The summed E-state index contributed by atoms with van der Waals surface area (Å²) in [5, 5.41) is 9.46. The normalized spacial score (nSPS) is 11.2. The zero-order valence-corrected chi connectivity index (χ0v) is 13.2. The minimum Gasteiger partial charge on any atom is -0.448 e. The van der Waals surface area contributed by atoms with Crippen molar-refractivity contribution in [2.24, 2.45) is 0 Å². The number of urea groups is 1. The molecule has 3 N–H and O–H groups in total. The van der Waals surface area contributed by atoms with Gasteiger partial charge in [-0.05, 0) is 13.8 Å². The molecular formula is C13H18N4O4S. The van der Waals surface area contributed by atoms with Gasteiger partial charge < -0.3 is 15.4 Å². The second kappa shape index (κ2) is 8.78. The van der Waals surface area contributed by atoms with Crippen LogP contribution in [-0.4, -0.2) is 42.1 Å². The SMILES string of the molecule is C=CCNc1nc(C(=O)OC(C)C(=O)NC(=O)NCC)cs1. The molecule has 3 amide bonds. The third kappa shape index (κ3) is 5.52. The molecule has 0 bridgehead atoms. The first kappa shape index (κ1) is 17.6. The van der Waals surface area contributed by atoms with Crippen LogP contribution in [0.4, 0.5) is 9.93 Å². The first-order valence-corrected chi connectivity index (χ1v) is 7.45. The van der Waals surface area contributed by atoms with Gasteiger partial charge in [-0.25, -0.2) is 14.6 Å². The second-order valence-corrected chi connectivity index (χ2v) is 4.96. The number of anilines is 1. The molecule has 1 unspecified atom stereocenters. The molecule has 1 aromatic heterocycles. The number of carbonyl (C=O) groups is 3. The van der Waals surface area contributed by atoms with Crippen molar-refractivity contribution in [3.8, 4) is 0 Å². The minimum absolute atomic E-state index is 0.0919. The summed E-state index contributed by atoms with van der Waals surface area (Å²) in [6.07, 6.45) is 0.550. The topological polar surface area (TPSA) is 109 Å². The Labute approximate surface area is 131 Å². The van der Waals surface area contributed by atoms with Gasteiger partial charge >= 0.3 is 12.0 Å². The minimum atomic E-state index is -1.11. The lowest BCUT2D eigenvalue weighted by molar-refractivity contribution is -0.127. The van der Waals surface area contributed by atoms with Gasteiger partial charge in [0.25, 0.3) is 5.91 Å². The lowest BCUT2D eigenvalue weighted by Crippen LogP contribution is -2.44. The number of aromatic nitrogens is 1. The number of thiazole rings is 1. The predicted octanol–water partition coefficient (Wildman–Crippen LogP) is 1.13. The van der Waals surface area contributed by atoms with Crippen LogP contribution in [0.5, 0.6) is 0 Å². The highest BCUT2D eigenvalue weighted by atomic mass is 32.1. The van der Waals surface area contributed by atoms with Gasteiger partial charge in [-0.15, -0.1) is 17.9 Å². The van der Waals surface area contributed by atoms with E-state index >= 15 is 0 Å². The number of hydrogen-bond acceptors (Lipinski definition) is 7. The Morgan fingerprint density at radius 1 is 1.50 bits per heavy atom. The molecule has 0 saturated heterocycles. The van der Waals surface area contributed by atoms with Crippen molar-refractivity contribution in [3.05, 3.63) is 23.7 Å². The molecule has 9 heteroatoms. The van der Waals surface area contributed by atoms with Gasteiger partial charge in [-0.3, -0.25) is 10.1 Å². The quantitative estimate of drug-likeness (QED) is 0.512. The van der Waals surface area contributed by atoms with E-state index in [0.29, 0.717) is 18.2 Å². The summed E-state index contributed by atoms with van der Waals surface area (Å²) in [5.41, 5.74) is 0.0919. The number of nitrogens with one attached hydrogen (secondary N) is 3. The Hall–Kier alpha value is -2.42. The molecule has 0 aliphatic heterocycles. The van der Waals surface area contributed by atoms with Crippen molar-refractivity contribution >= 4 is 34.4 Å². The van der Waals surface area contributed by atoms with Crippen molar-refractivity contribution in [3.63, 3.8) is 0 Å². The third-order valence-corrected chi connectivity index (χ3v) is 3.14. The molecule has 0 spiro atoms. The smallest absolute Gasteiger partial charge is 0.358 e. The molecule has 8 nitrogen and oxygen atoms in total. The highest BCUT2D eigenvalue weighted by Crippen LogP contribution is 2.16. The Kier molecular flexibility index (Phi) is 7.03. The number of hydrogen-bond donors (Lipinski definition) is 3. The molecule has 1 heterocycles. The molecule has 0 aliphatic rings. The van der Waals surface area contributed by atoms with E-state index < -0.39 is 24.0 Å². The largest absolute Gasteiger partial charge is 0.448 e. The van der Waals surface area contributed by atoms with Crippen molar-refractivity contribution < 1.29 is 19.1 Å². The van der Waals surface area contributed by atoms with Crippen LogP contribution in [0.2, 0.25) is 0 Å². The Morgan fingerprint density at radius 3 is 2.86 bits per heavy atom. The summed E-state index contributed by atoms with van der Waals surface area (Å²) < 4.78 is 4.96. The maximum atomic E-state index is 11.9. The molecule has 120 valence electrons. The van der Waals surface area contributed by atoms with Crippen LogP contribution in [0, 0.1) is 0 Å². The molecular weight excluding hydrogens is 308 g/mol. The van der Waals surface area contributed by atoms with Crippen LogP contribution in [-0.2, 0) is 9.53 Å². The van der Waals surface area contributed by atoms with Crippen LogP contribution in [0.1, 0.15) is 24.3 Å². The van der Waals surface area contributed by atoms with Gasteiger partial charge in [0.1, 0.15) is 0 Å². The van der Waals surface area contributed by atoms with Crippen LogP contribution in [0.15, 0.2) is 18.0 Å². The Morgan fingerprint density at radius 2 is 2.23 bits per heavy atom. The number of amides is 3. The highest BCUT2D eigenvalue weighted by molar-refractivity contribution is 7.13. The lowest BCUT2D eigenvalue weighted by atomic mass is 10.3. The maximum absolute atomic E-state index is 11.9. The van der Waals surface area contributed by atoms with Gasteiger partial charge in [0.15, 0.2) is 16.9 Å². The van der Waals surface area contributed by atoms with Crippen molar-refractivity contribution in [1.29, 1.82) is 0 Å². The molecule has 0 fully saturated rings. The van der Waals surface area contributed by atoms with E-state index in [4.69, 9.17) is 4.74 Å². The van der Waals surface area contributed by atoms with E-state index in [1.807, 2.05) is 0 Å². The van der Waals surface area contributed by atoms with Crippen LogP contribution in [0.25, 0.3) is 0 Å². The number of esters is 1. The van der Waals surface area contributed by atoms with Gasteiger partial charge in [0.2, 0.25) is 0 Å². The molecule has 0 aromatic carbocycles. The highest BCUT2D eigenvalue weighted by Gasteiger charge is 2.22. The second-order valence-electron chi connectivity index (χ2n) is 4.10. The monoisotopic (exact) mass is 326 g/mol. The molecule has 1 aromatic rings. The Balaban J connectivity index is 2.52. The Bertz CT molecular complexity index is 558. The fourth-order valence-electron chi connectivity index (χ4n) is 1.30. The summed E-state index contributed by atoms with van der Waals surface area (Å²) >= 11 is 1.24. The first-order chi connectivity index (χ1) is 10.5. The summed E-state index contributed by atoms with van der Waals surface area (Å²) in [6.45, 7) is 7.55. The van der Waals surface area contributed by atoms with Crippen molar-refractivity contribution in [2.45, 2.75) is 20.0 Å². The van der Waals surface area contributed by atoms with Crippen LogP contribution >= 0.6 is 11.3 Å². The lowest BCUT2D eigenvalue weighted by Gasteiger charge is -2.12. The third-order valence-electron chi connectivity index (χ3n) is 2.34. The van der Waals surface area contributed by atoms with Crippen LogP contribution < -0.4 is 16.0 Å². The van der Waals surface area contributed by atoms with Crippen LogP contribution in [0.3, 0.4) is 0 Å². The fourth-order valence-corrected chi connectivity index (χ4v) is 1.99. The van der Waals surface area contributed by atoms with Gasteiger partial charge in [0.05, 0.1) is 0 Å². The summed E-state index contributed by atoms with van der Waals surface area (Å²) in [5.74, 6) is -1.44. The van der Waals surface area contributed by atoms with Gasteiger partial charge in [0, 0.05) is 18.5 Å². The number of rotatable bonds is 7. The van der Waals surface area contributed by atoms with E-state index in [2.05, 4.69) is 27.5 Å². The number of imide groups is 1. The molecule has 0 radical (unpaired) electrons. The number of ether oxygens (including phenoxy) is 1. The van der Waals surface area contributed by atoms with E-state index in [1.54, 1.807) is 13.0 Å². The summed E-state index contributed by atoms with van der Waals surface area (Å²) in [7, 11) is 0. The fraction of sp³-hybridized carbons (Fsp3) is 0.385. The van der Waals surface area contributed by atoms with E-state index in [0.717, 1.165) is 0 Å². The van der Waals surface area contributed by atoms with E-state index in [9.17, 15) is 14.4 Å². The average Bonchev–Trinajstić information content (AvgIpc) is 2.94. The van der Waals surface area contributed by atoms with Crippen molar-refractivity contribution in [2.75, 3.05) is 18.4 Å². The molecule has 0 saturated carbocycles. The maximum Gasteiger partial charge on any atom is 0.358 e. The zero-order chi connectivity index (χ0) is 16.5. The van der Waals surface area contributed by atoms with E-state index in [1.165, 1.54) is 23.6 Å². The van der Waals surface area contributed by atoms with Gasteiger partial charge in [-0.2, -0.15) is 0 Å². The zero-order valence-electron chi connectivity index (χ0n) is 12.3. The average molecular weight is 326 g/mol. The van der Waals surface area contributed by atoms with Crippen molar-refractivity contribution in [1.82, 2.24) is 15.6 Å². The van der Waals surface area contributed by atoms with Gasteiger partial charge in [-0.1, -0.05) is 6.08 Å². The predicted molar refractivity (Wildman–Crippen MR) is 82.9 cm³/mol. The van der Waals surface area contributed by atoms with E-state index in [-0.39, 0.29) is 5.69 Å². The summed E-state index contributed by atoms with van der Waals surface area (Å²) in [4.78, 5) is 38.7. The summed E-state index contributed by atoms with van der Waals surface area (Å²) in [6, 6.07) is -0.639. The molecule has 1 atom stereocenters. The first-order valence-electron chi connectivity index (χ1n) is 6.57. The molecule has 1 rings (SSSR count). The number of nitrogens with zero attached hydrogens (tertiary/aromatic N) is 1. The molecule has 0 aliphatic carbocycles. The molecule has 22 heavy (non-hydrogen) atoms. The standard InChI is InChI=1S/C13H18N4O4S/c1-4-6-15-13-16-9(7-22-13)11(19)21-8(3)10(18)17-12(20)14-5-2/h4,7-8H,1,5-6H2,2-3H3,(H,15,16)(H2,14,17,18,20).